The van der Waals surface area contributed by atoms with Gasteiger partial charge in [0.2, 0.25) is 0 Å². The summed E-state index contributed by atoms with van der Waals surface area (Å²) in [4.78, 5) is 22.1. The van der Waals surface area contributed by atoms with Crippen LogP contribution in [0.5, 0.6) is 5.75 Å². The highest BCUT2D eigenvalue weighted by Crippen LogP contribution is 2.26. The van der Waals surface area contributed by atoms with Gasteiger partial charge in [-0.15, -0.1) is 0 Å². The Morgan fingerprint density at radius 1 is 1.45 bits per heavy atom. The van der Waals surface area contributed by atoms with Crippen LogP contribution in [0, 0.1) is 10.1 Å². The molecule has 0 saturated heterocycles. The molecule has 1 atom stereocenters. The van der Waals surface area contributed by atoms with Gasteiger partial charge in [-0.2, -0.15) is 5.10 Å². The van der Waals surface area contributed by atoms with Gasteiger partial charge in [0, 0.05) is 11.6 Å². The number of para-hydroxylation sites is 2. The third kappa shape index (κ3) is 3.92. The summed E-state index contributed by atoms with van der Waals surface area (Å²) < 4.78 is 10.2. The summed E-state index contributed by atoms with van der Waals surface area (Å²) in [6, 6.07) is 7.51. The monoisotopic (exact) mass is 303 g/mol. The van der Waals surface area contributed by atoms with Gasteiger partial charge >= 0.3 is 5.69 Å². The van der Waals surface area contributed by atoms with Gasteiger partial charge in [-0.1, -0.05) is 12.1 Å². The quantitative estimate of drug-likeness (QED) is 0.499. The van der Waals surface area contributed by atoms with E-state index < -0.39 is 16.9 Å². The standard InChI is InChI=1S/C14H13N3O5/c1-10(14(18)16-15-8-11-6-7-21-9-11)22-13-5-3-2-4-12(13)17(19)20/h2-10H,1H3,(H,16,18)/b15-8-. The molecule has 1 aromatic carbocycles. The molecule has 2 aromatic rings. The predicted octanol–water partition coefficient (Wildman–Crippen LogP) is 2.11. The molecule has 0 bridgehead atoms. The molecule has 8 nitrogen and oxygen atoms in total. The zero-order valence-electron chi connectivity index (χ0n) is 11.6. The number of nitrogens with one attached hydrogen (secondary N) is 1. The molecule has 0 aliphatic heterocycles. The Labute approximate surface area is 125 Å². The molecule has 22 heavy (non-hydrogen) atoms. The maximum atomic E-state index is 11.8. The molecular formula is C14H13N3O5. The number of carbonyl (C=O) groups is 1. The van der Waals surface area contributed by atoms with E-state index in [-0.39, 0.29) is 11.4 Å². The molecule has 0 fully saturated rings. The van der Waals surface area contributed by atoms with Gasteiger partial charge in [-0.05, 0) is 19.1 Å². The molecule has 1 amide bonds. The van der Waals surface area contributed by atoms with Crippen LogP contribution in [0.2, 0.25) is 0 Å². The largest absolute Gasteiger partial charge is 0.474 e. The molecule has 1 unspecified atom stereocenters. The van der Waals surface area contributed by atoms with Gasteiger partial charge in [0.15, 0.2) is 11.9 Å². The number of furan rings is 1. The smallest absolute Gasteiger partial charge is 0.310 e. The van der Waals surface area contributed by atoms with Gasteiger partial charge in [-0.25, -0.2) is 5.43 Å². The van der Waals surface area contributed by atoms with Crippen LogP contribution in [0.25, 0.3) is 0 Å². The number of ether oxygens (including phenoxy) is 1. The van der Waals surface area contributed by atoms with Crippen molar-refractivity contribution < 1.29 is 18.9 Å². The number of rotatable bonds is 6. The van der Waals surface area contributed by atoms with Crippen LogP contribution in [-0.4, -0.2) is 23.1 Å². The summed E-state index contributed by atoms with van der Waals surface area (Å²) in [7, 11) is 0. The Bertz CT molecular complexity index is 682. The molecule has 8 heteroatoms. The molecule has 1 heterocycles. The van der Waals surface area contributed by atoms with E-state index >= 15 is 0 Å². The van der Waals surface area contributed by atoms with Crippen molar-refractivity contribution in [1.82, 2.24) is 5.43 Å². The first kappa shape index (κ1) is 15.2. The van der Waals surface area contributed by atoms with E-state index in [0.29, 0.717) is 5.56 Å². The number of nitro benzene ring substituents is 1. The topological polar surface area (TPSA) is 107 Å². The van der Waals surface area contributed by atoms with E-state index in [4.69, 9.17) is 9.15 Å². The van der Waals surface area contributed by atoms with Gasteiger partial charge in [0.05, 0.1) is 23.7 Å². The molecule has 0 saturated carbocycles. The van der Waals surface area contributed by atoms with Crippen molar-refractivity contribution >= 4 is 17.8 Å². The number of amides is 1. The second kappa shape index (κ2) is 7.02. The predicted molar refractivity (Wildman–Crippen MR) is 77.6 cm³/mol. The average molecular weight is 303 g/mol. The minimum absolute atomic E-state index is 0.0222. The highest BCUT2D eigenvalue weighted by molar-refractivity contribution is 5.84. The van der Waals surface area contributed by atoms with Crippen LogP contribution in [0.4, 0.5) is 5.69 Å². The van der Waals surface area contributed by atoms with Gasteiger partial charge < -0.3 is 9.15 Å². The Hall–Kier alpha value is -3.16. The Morgan fingerprint density at radius 3 is 2.91 bits per heavy atom. The van der Waals surface area contributed by atoms with Crippen LogP contribution in [0.3, 0.4) is 0 Å². The summed E-state index contributed by atoms with van der Waals surface area (Å²) in [5.41, 5.74) is 2.77. The molecular weight excluding hydrogens is 290 g/mol. The number of carbonyl (C=O) groups excluding carboxylic acids is 1. The molecule has 1 N–H and O–H groups in total. The molecule has 2 rings (SSSR count). The second-order valence-electron chi connectivity index (χ2n) is 4.28. The average Bonchev–Trinajstić information content (AvgIpc) is 3.00. The van der Waals surface area contributed by atoms with Crippen LogP contribution >= 0.6 is 0 Å². The minimum Gasteiger partial charge on any atom is -0.474 e. The fraction of sp³-hybridized carbons (Fsp3) is 0.143. The van der Waals surface area contributed by atoms with Gasteiger partial charge in [0.25, 0.3) is 5.91 Å². The first-order chi connectivity index (χ1) is 10.6. The summed E-state index contributed by atoms with van der Waals surface area (Å²) in [5.74, 6) is -0.508. The molecule has 0 aliphatic rings. The first-order valence-electron chi connectivity index (χ1n) is 6.33. The maximum Gasteiger partial charge on any atom is 0.310 e. The van der Waals surface area contributed by atoms with Crippen molar-refractivity contribution in [2.45, 2.75) is 13.0 Å². The fourth-order valence-electron chi connectivity index (χ4n) is 1.56. The van der Waals surface area contributed by atoms with Crippen molar-refractivity contribution in [2.75, 3.05) is 0 Å². The summed E-state index contributed by atoms with van der Waals surface area (Å²) >= 11 is 0. The number of hydrazone groups is 1. The molecule has 114 valence electrons. The van der Waals surface area contributed by atoms with Crippen molar-refractivity contribution in [3.63, 3.8) is 0 Å². The van der Waals surface area contributed by atoms with Crippen LogP contribution in [0.1, 0.15) is 12.5 Å². The highest BCUT2D eigenvalue weighted by Gasteiger charge is 2.20. The Kier molecular flexibility index (Phi) is 4.86. The summed E-state index contributed by atoms with van der Waals surface area (Å²) in [6.45, 7) is 1.47. The van der Waals surface area contributed by atoms with E-state index in [1.165, 1.54) is 43.9 Å². The number of benzene rings is 1. The van der Waals surface area contributed by atoms with Crippen molar-refractivity contribution in [1.29, 1.82) is 0 Å². The lowest BCUT2D eigenvalue weighted by atomic mass is 10.3. The lowest BCUT2D eigenvalue weighted by Gasteiger charge is -2.12. The second-order valence-corrected chi connectivity index (χ2v) is 4.28. The maximum absolute atomic E-state index is 11.8. The van der Waals surface area contributed by atoms with E-state index in [1.807, 2.05) is 0 Å². The van der Waals surface area contributed by atoms with E-state index in [2.05, 4.69) is 10.5 Å². The lowest BCUT2D eigenvalue weighted by Crippen LogP contribution is -2.33. The molecule has 0 aliphatic carbocycles. The van der Waals surface area contributed by atoms with Crippen LogP contribution in [-0.2, 0) is 4.79 Å². The van der Waals surface area contributed by atoms with E-state index in [1.54, 1.807) is 12.1 Å². The third-order valence-corrected chi connectivity index (χ3v) is 2.67. The van der Waals surface area contributed by atoms with Crippen molar-refractivity contribution in [3.05, 3.63) is 58.5 Å². The van der Waals surface area contributed by atoms with Crippen molar-refractivity contribution in [3.8, 4) is 5.75 Å². The summed E-state index contributed by atoms with van der Waals surface area (Å²) in [6.07, 6.45) is 3.40. The first-order valence-corrected chi connectivity index (χ1v) is 6.33. The van der Waals surface area contributed by atoms with Crippen LogP contribution < -0.4 is 10.2 Å². The number of nitrogens with zero attached hydrogens (tertiary/aromatic N) is 2. The Balaban J connectivity index is 1.95. The highest BCUT2D eigenvalue weighted by atomic mass is 16.6. The zero-order valence-corrected chi connectivity index (χ0v) is 11.6. The zero-order chi connectivity index (χ0) is 15.9. The number of hydrogen-bond donors (Lipinski definition) is 1. The van der Waals surface area contributed by atoms with Gasteiger partial charge in [-0.3, -0.25) is 14.9 Å². The Morgan fingerprint density at radius 2 is 2.23 bits per heavy atom. The number of nitro groups is 1. The SMILES string of the molecule is CC(Oc1ccccc1[N+](=O)[O-])C(=O)N/N=C\c1ccoc1. The fourth-order valence-corrected chi connectivity index (χ4v) is 1.56. The van der Waals surface area contributed by atoms with Crippen LogP contribution in [0.15, 0.2) is 52.4 Å². The summed E-state index contributed by atoms with van der Waals surface area (Å²) in [5, 5.41) is 14.6. The molecule has 0 spiro atoms. The van der Waals surface area contributed by atoms with E-state index in [9.17, 15) is 14.9 Å². The molecule has 0 radical (unpaired) electrons. The van der Waals surface area contributed by atoms with Crippen molar-refractivity contribution in [2.24, 2.45) is 5.10 Å². The van der Waals surface area contributed by atoms with E-state index in [0.717, 1.165) is 0 Å². The van der Waals surface area contributed by atoms with Gasteiger partial charge in [0.1, 0.15) is 0 Å². The lowest BCUT2D eigenvalue weighted by molar-refractivity contribution is -0.386. The third-order valence-electron chi connectivity index (χ3n) is 2.67. The molecule has 1 aromatic heterocycles. The minimum atomic E-state index is -0.942. The normalized spacial score (nSPS) is 12.0. The number of hydrogen-bond acceptors (Lipinski definition) is 6.